The van der Waals surface area contributed by atoms with Gasteiger partial charge in [-0.1, -0.05) is 6.92 Å². The Morgan fingerprint density at radius 3 is 2.22 bits per heavy atom. The van der Waals surface area contributed by atoms with Gasteiger partial charge in [0.1, 0.15) is 0 Å². The summed E-state index contributed by atoms with van der Waals surface area (Å²) in [5.41, 5.74) is 0. The van der Waals surface area contributed by atoms with E-state index in [0.29, 0.717) is 12.0 Å². The second-order valence-corrected chi connectivity index (χ2v) is 2.93. The minimum Gasteiger partial charge on any atom is -0.343 e. The largest absolute Gasteiger partial charge is 0.343 e. The SMILES string of the molecule is C[C@@H]1CC(=O)N(C)[C@@H]1C. The third kappa shape index (κ3) is 0.934. The third-order valence-electron chi connectivity index (χ3n) is 2.32. The summed E-state index contributed by atoms with van der Waals surface area (Å²) in [6.07, 6.45) is 0.734. The molecule has 1 fully saturated rings. The van der Waals surface area contributed by atoms with Gasteiger partial charge in [-0.15, -0.1) is 0 Å². The van der Waals surface area contributed by atoms with Crippen molar-refractivity contribution in [2.75, 3.05) is 7.05 Å². The smallest absolute Gasteiger partial charge is 0.222 e. The Balaban J connectivity index is 2.65. The van der Waals surface area contributed by atoms with Gasteiger partial charge in [-0.05, 0) is 12.8 Å². The first-order valence-electron chi connectivity index (χ1n) is 3.38. The van der Waals surface area contributed by atoms with Crippen molar-refractivity contribution in [3.63, 3.8) is 0 Å². The Kier molecular flexibility index (Phi) is 1.47. The molecule has 9 heavy (non-hydrogen) atoms. The van der Waals surface area contributed by atoms with Crippen LogP contribution < -0.4 is 0 Å². The number of carbonyl (C=O) groups is 1. The Morgan fingerprint density at radius 2 is 2.11 bits per heavy atom. The molecule has 2 atom stereocenters. The number of nitrogens with zero attached hydrogens (tertiary/aromatic N) is 1. The molecule has 52 valence electrons. The van der Waals surface area contributed by atoms with Crippen molar-refractivity contribution in [1.29, 1.82) is 0 Å². The van der Waals surface area contributed by atoms with Gasteiger partial charge in [-0.3, -0.25) is 4.79 Å². The van der Waals surface area contributed by atoms with Crippen LogP contribution in [0.3, 0.4) is 0 Å². The average molecular weight is 127 g/mol. The summed E-state index contributed by atoms with van der Waals surface area (Å²) < 4.78 is 0. The zero-order valence-electron chi connectivity index (χ0n) is 6.22. The quantitative estimate of drug-likeness (QED) is 0.473. The molecular formula is C7H13NO. The van der Waals surface area contributed by atoms with E-state index in [1.165, 1.54) is 0 Å². The van der Waals surface area contributed by atoms with Crippen molar-refractivity contribution in [3.8, 4) is 0 Å². The molecule has 0 bridgehead atoms. The van der Waals surface area contributed by atoms with Gasteiger partial charge >= 0.3 is 0 Å². The van der Waals surface area contributed by atoms with Crippen LogP contribution in [0.5, 0.6) is 0 Å². The topological polar surface area (TPSA) is 20.3 Å². The zero-order chi connectivity index (χ0) is 7.02. The van der Waals surface area contributed by atoms with E-state index in [-0.39, 0.29) is 5.91 Å². The lowest BCUT2D eigenvalue weighted by Crippen LogP contribution is -2.27. The predicted octanol–water partition coefficient (Wildman–Crippen LogP) is 0.873. The molecule has 1 heterocycles. The number of hydrogen-bond acceptors (Lipinski definition) is 1. The van der Waals surface area contributed by atoms with Crippen molar-refractivity contribution in [2.24, 2.45) is 5.92 Å². The van der Waals surface area contributed by atoms with Crippen molar-refractivity contribution in [2.45, 2.75) is 26.3 Å². The molecule has 0 N–H and O–H groups in total. The first-order chi connectivity index (χ1) is 4.13. The van der Waals surface area contributed by atoms with Crippen LogP contribution in [-0.2, 0) is 4.79 Å². The lowest BCUT2D eigenvalue weighted by atomic mass is 10.1. The first-order valence-corrected chi connectivity index (χ1v) is 3.38. The minimum atomic E-state index is 0.287. The molecule has 0 unspecified atom stereocenters. The molecule has 0 radical (unpaired) electrons. The maximum absolute atomic E-state index is 10.9. The van der Waals surface area contributed by atoms with Gasteiger partial charge in [-0.25, -0.2) is 0 Å². The fourth-order valence-corrected chi connectivity index (χ4v) is 1.20. The molecule has 1 saturated heterocycles. The zero-order valence-corrected chi connectivity index (χ0v) is 6.22. The normalized spacial score (nSPS) is 35.9. The highest BCUT2D eigenvalue weighted by atomic mass is 16.2. The van der Waals surface area contributed by atoms with Crippen LogP contribution >= 0.6 is 0 Å². The fraction of sp³-hybridized carbons (Fsp3) is 0.857. The summed E-state index contributed by atoms with van der Waals surface area (Å²) in [6.45, 7) is 4.21. The Bertz CT molecular complexity index is 133. The highest BCUT2D eigenvalue weighted by molar-refractivity contribution is 5.78. The lowest BCUT2D eigenvalue weighted by Gasteiger charge is -2.16. The lowest BCUT2D eigenvalue weighted by molar-refractivity contribution is -0.127. The maximum atomic E-state index is 10.9. The van der Waals surface area contributed by atoms with Crippen LogP contribution in [0.2, 0.25) is 0 Å². The third-order valence-corrected chi connectivity index (χ3v) is 2.32. The van der Waals surface area contributed by atoms with E-state index in [9.17, 15) is 4.79 Å². The van der Waals surface area contributed by atoms with E-state index in [1.807, 2.05) is 11.9 Å². The number of hydrogen-bond donors (Lipinski definition) is 0. The van der Waals surface area contributed by atoms with Crippen LogP contribution in [0, 0.1) is 5.92 Å². The van der Waals surface area contributed by atoms with Crippen LogP contribution in [0.15, 0.2) is 0 Å². The van der Waals surface area contributed by atoms with Gasteiger partial charge in [0, 0.05) is 19.5 Å². The number of carbonyl (C=O) groups excluding carboxylic acids is 1. The monoisotopic (exact) mass is 127 g/mol. The minimum absolute atomic E-state index is 0.287. The molecular weight excluding hydrogens is 114 g/mol. The van der Waals surface area contributed by atoms with E-state index in [1.54, 1.807) is 0 Å². The fourth-order valence-electron chi connectivity index (χ4n) is 1.20. The number of likely N-dealkylation sites (tertiary alicyclic amines) is 1. The second-order valence-electron chi connectivity index (χ2n) is 2.93. The summed E-state index contributed by atoms with van der Waals surface area (Å²) in [4.78, 5) is 12.7. The van der Waals surface area contributed by atoms with E-state index < -0.39 is 0 Å². The molecule has 1 aliphatic heterocycles. The number of amides is 1. The maximum Gasteiger partial charge on any atom is 0.222 e. The average Bonchev–Trinajstić information content (AvgIpc) is 1.98. The Morgan fingerprint density at radius 1 is 1.56 bits per heavy atom. The van der Waals surface area contributed by atoms with Gasteiger partial charge in [-0.2, -0.15) is 0 Å². The molecule has 0 saturated carbocycles. The molecule has 0 aromatic rings. The summed E-state index contributed by atoms with van der Waals surface area (Å²) in [7, 11) is 1.87. The summed E-state index contributed by atoms with van der Waals surface area (Å²) in [5, 5.41) is 0. The molecule has 0 aromatic heterocycles. The van der Waals surface area contributed by atoms with E-state index in [0.717, 1.165) is 6.42 Å². The van der Waals surface area contributed by atoms with Gasteiger partial charge in [0.2, 0.25) is 5.91 Å². The molecule has 0 aliphatic carbocycles. The second kappa shape index (κ2) is 2.01. The van der Waals surface area contributed by atoms with Crippen molar-refractivity contribution < 1.29 is 4.79 Å². The van der Waals surface area contributed by atoms with Crippen LogP contribution in [0.4, 0.5) is 0 Å². The van der Waals surface area contributed by atoms with Gasteiger partial charge in [0.15, 0.2) is 0 Å². The Labute approximate surface area is 55.8 Å². The summed E-state index contributed by atoms with van der Waals surface area (Å²) >= 11 is 0. The highest BCUT2D eigenvalue weighted by Crippen LogP contribution is 2.22. The van der Waals surface area contributed by atoms with Gasteiger partial charge in [0.05, 0.1) is 0 Å². The van der Waals surface area contributed by atoms with Crippen molar-refractivity contribution in [1.82, 2.24) is 4.90 Å². The van der Waals surface area contributed by atoms with E-state index >= 15 is 0 Å². The Hall–Kier alpha value is -0.530. The van der Waals surface area contributed by atoms with Gasteiger partial charge in [0.25, 0.3) is 0 Å². The van der Waals surface area contributed by atoms with E-state index in [4.69, 9.17) is 0 Å². The standard InChI is InChI=1S/C7H13NO/c1-5-4-7(9)8(3)6(5)2/h5-6H,4H2,1-3H3/t5-,6-/m1/s1. The van der Waals surface area contributed by atoms with Crippen LogP contribution in [0.25, 0.3) is 0 Å². The molecule has 1 aliphatic rings. The van der Waals surface area contributed by atoms with Crippen molar-refractivity contribution >= 4 is 5.91 Å². The van der Waals surface area contributed by atoms with Crippen LogP contribution in [-0.4, -0.2) is 23.9 Å². The van der Waals surface area contributed by atoms with Gasteiger partial charge < -0.3 is 4.90 Å². The molecule has 0 spiro atoms. The summed E-state index contributed by atoms with van der Waals surface area (Å²) in [6, 6.07) is 0.442. The number of rotatable bonds is 0. The highest BCUT2D eigenvalue weighted by Gasteiger charge is 2.30. The first kappa shape index (κ1) is 6.59. The van der Waals surface area contributed by atoms with E-state index in [2.05, 4.69) is 13.8 Å². The van der Waals surface area contributed by atoms with Crippen molar-refractivity contribution in [3.05, 3.63) is 0 Å². The predicted molar refractivity (Wildman–Crippen MR) is 36.0 cm³/mol. The van der Waals surface area contributed by atoms with Crippen LogP contribution in [0.1, 0.15) is 20.3 Å². The molecule has 0 aromatic carbocycles. The molecule has 1 rings (SSSR count). The molecule has 2 heteroatoms. The molecule has 2 nitrogen and oxygen atoms in total. The molecule has 1 amide bonds. The summed E-state index contributed by atoms with van der Waals surface area (Å²) in [5.74, 6) is 0.831.